The van der Waals surface area contributed by atoms with Crippen LogP contribution in [0.5, 0.6) is 0 Å². The molecule has 0 aliphatic carbocycles. The van der Waals surface area contributed by atoms with Crippen molar-refractivity contribution in [2.24, 2.45) is 10.8 Å². The van der Waals surface area contributed by atoms with Crippen molar-refractivity contribution < 1.29 is 14.0 Å². The average molecular weight is 295 g/mol. The van der Waals surface area contributed by atoms with E-state index in [4.69, 9.17) is 10.2 Å². The Morgan fingerprint density at radius 1 is 1.14 bits per heavy atom. The fourth-order valence-electron chi connectivity index (χ4n) is 2.22. The first-order valence-corrected chi connectivity index (χ1v) is 6.62. The van der Waals surface area contributed by atoms with Gasteiger partial charge in [-0.1, -0.05) is 30.3 Å². The van der Waals surface area contributed by atoms with Gasteiger partial charge >= 0.3 is 11.8 Å². The molecule has 0 radical (unpaired) electrons. The number of benzene rings is 2. The molecular weight excluding hydrogens is 282 g/mol. The van der Waals surface area contributed by atoms with Crippen LogP contribution in [0, 0.1) is 0 Å². The Morgan fingerprint density at radius 2 is 1.91 bits per heavy atom. The number of fused-ring (bicyclic) bond motifs is 3. The van der Waals surface area contributed by atoms with Crippen molar-refractivity contribution >= 4 is 39.3 Å². The summed E-state index contributed by atoms with van der Waals surface area (Å²) in [6.07, 6.45) is 0. The number of nitrogens with one attached hydrogen (secondary N) is 1. The highest BCUT2D eigenvalue weighted by molar-refractivity contribution is 6.34. The van der Waals surface area contributed by atoms with Crippen LogP contribution < -0.4 is 11.2 Å². The molecule has 0 bridgehead atoms. The number of rotatable bonds is 2. The van der Waals surface area contributed by atoms with Gasteiger partial charge in [-0.2, -0.15) is 5.10 Å². The molecule has 0 aliphatic rings. The molecule has 3 aromatic rings. The monoisotopic (exact) mass is 295 g/mol. The first-order valence-electron chi connectivity index (χ1n) is 6.62. The van der Waals surface area contributed by atoms with E-state index in [0.717, 1.165) is 21.7 Å². The Balaban J connectivity index is 2.01. The number of hydrogen-bond donors (Lipinski definition) is 2. The zero-order valence-electron chi connectivity index (χ0n) is 11.8. The largest absolute Gasteiger partial charge is 0.455 e. The number of nitrogens with two attached hydrogens (primary N) is 1. The fourth-order valence-corrected chi connectivity index (χ4v) is 2.22. The Bertz CT molecular complexity index is 925. The van der Waals surface area contributed by atoms with Gasteiger partial charge in [0.15, 0.2) is 5.76 Å². The van der Waals surface area contributed by atoms with Crippen molar-refractivity contribution in [3.05, 3.63) is 48.2 Å². The molecule has 3 N–H and O–H groups in total. The third-order valence-electron chi connectivity index (χ3n) is 3.33. The van der Waals surface area contributed by atoms with Crippen LogP contribution in [0.15, 0.2) is 52.0 Å². The second-order valence-corrected chi connectivity index (χ2v) is 4.81. The molecule has 3 rings (SSSR count). The van der Waals surface area contributed by atoms with E-state index in [2.05, 4.69) is 10.5 Å². The van der Waals surface area contributed by atoms with E-state index in [0.29, 0.717) is 11.5 Å². The highest BCUT2D eigenvalue weighted by Gasteiger charge is 2.11. The van der Waals surface area contributed by atoms with Gasteiger partial charge in [-0.15, -0.1) is 0 Å². The molecule has 2 amide bonds. The molecule has 0 atom stereocenters. The SMILES string of the molecule is C/C(=N/NC(=O)C(N)=O)c1cc2c(ccc3ccccc32)o1. The summed E-state index contributed by atoms with van der Waals surface area (Å²) in [6.45, 7) is 1.67. The first-order chi connectivity index (χ1) is 10.6. The van der Waals surface area contributed by atoms with Crippen molar-refractivity contribution in [3.8, 4) is 0 Å². The van der Waals surface area contributed by atoms with Gasteiger partial charge in [0.25, 0.3) is 0 Å². The maximum atomic E-state index is 11.1. The average Bonchev–Trinajstić information content (AvgIpc) is 2.96. The van der Waals surface area contributed by atoms with Crippen LogP contribution in [-0.2, 0) is 9.59 Å². The van der Waals surface area contributed by atoms with E-state index >= 15 is 0 Å². The lowest BCUT2D eigenvalue weighted by molar-refractivity contribution is -0.137. The number of furan rings is 1. The van der Waals surface area contributed by atoms with Crippen LogP contribution in [0.25, 0.3) is 21.7 Å². The number of amides is 2. The Morgan fingerprint density at radius 3 is 2.68 bits per heavy atom. The predicted octanol–water partition coefficient (Wildman–Crippen LogP) is 1.91. The molecule has 0 saturated heterocycles. The standard InChI is InChI=1S/C16H13N3O3/c1-9(18-19-16(21)15(17)20)14-8-12-11-5-3-2-4-10(11)6-7-13(12)22-14/h2-8H,1H3,(H2,17,20)(H,19,21)/b18-9-. The number of carbonyl (C=O) groups is 2. The summed E-state index contributed by atoms with van der Waals surface area (Å²) in [4.78, 5) is 21.8. The molecule has 2 aromatic carbocycles. The van der Waals surface area contributed by atoms with Gasteiger partial charge in [-0.3, -0.25) is 9.59 Å². The summed E-state index contributed by atoms with van der Waals surface area (Å²) in [5.41, 5.74) is 8.08. The quantitative estimate of drug-likeness (QED) is 0.429. The minimum atomic E-state index is -1.09. The molecule has 110 valence electrons. The maximum absolute atomic E-state index is 11.1. The molecule has 0 saturated carbocycles. The molecular formula is C16H13N3O3. The van der Waals surface area contributed by atoms with Gasteiger partial charge in [0.2, 0.25) is 0 Å². The zero-order chi connectivity index (χ0) is 15.7. The third-order valence-corrected chi connectivity index (χ3v) is 3.33. The Labute approximate surface area is 125 Å². The van der Waals surface area contributed by atoms with Crippen molar-refractivity contribution in [1.29, 1.82) is 0 Å². The van der Waals surface area contributed by atoms with Crippen molar-refractivity contribution in [3.63, 3.8) is 0 Å². The minimum Gasteiger partial charge on any atom is -0.455 e. The van der Waals surface area contributed by atoms with E-state index < -0.39 is 11.8 Å². The number of hydrogen-bond acceptors (Lipinski definition) is 4. The van der Waals surface area contributed by atoms with Gasteiger partial charge in [0, 0.05) is 5.39 Å². The number of carbonyl (C=O) groups excluding carboxylic acids is 2. The molecule has 22 heavy (non-hydrogen) atoms. The van der Waals surface area contributed by atoms with E-state index in [9.17, 15) is 9.59 Å². The molecule has 0 unspecified atom stereocenters. The summed E-state index contributed by atoms with van der Waals surface area (Å²) in [7, 11) is 0. The van der Waals surface area contributed by atoms with Crippen LogP contribution in [0.2, 0.25) is 0 Å². The van der Waals surface area contributed by atoms with Gasteiger partial charge in [-0.05, 0) is 29.8 Å². The third kappa shape index (κ3) is 2.42. The smallest absolute Gasteiger partial charge is 0.329 e. The van der Waals surface area contributed by atoms with E-state index in [1.165, 1.54) is 0 Å². The number of hydrazone groups is 1. The maximum Gasteiger partial charge on any atom is 0.329 e. The first kappa shape index (κ1) is 13.8. The number of nitrogens with zero attached hydrogens (tertiary/aromatic N) is 1. The molecule has 6 nitrogen and oxygen atoms in total. The highest BCUT2D eigenvalue weighted by Crippen LogP contribution is 2.28. The van der Waals surface area contributed by atoms with Crippen molar-refractivity contribution in [1.82, 2.24) is 5.43 Å². The summed E-state index contributed by atoms with van der Waals surface area (Å²) in [5.74, 6) is -1.55. The normalized spacial score (nSPS) is 11.8. The Kier molecular flexibility index (Phi) is 3.34. The fraction of sp³-hybridized carbons (Fsp3) is 0.0625. The molecule has 0 fully saturated rings. The molecule has 0 spiro atoms. The van der Waals surface area contributed by atoms with Crippen LogP contribution in [0.1, 0.15) is 12.7 Å². The second-order valence-electron chi connectivity index (χ2n) is 4.81. The topological polar surface area (TPSA) is 97.7 Å². The van der Waals surface area contributed by atoms with E-state index in [-0.39, 0.29) is 0 Å². The summed E-state index contributed by atoms with van der Waals surface area (Å²) < 4.78 is 5.73. The number of primary amides is 1. The molecule has 1 aromatic heterocycles. The highest BCUT2D eigenvalue weighted by atomic mass is 16.3. The van der Waals surface area contributed by atoms with Crippen molar-refractivity contribution in [2.75, 3.05) is 0 Å². The minimum absolute atomic E-state index is 0.440. The summed E-state index contributed by atoms with van der Waals surface area (Å²) in [6, 6.07) is 13.7. The Hall–Kier alpha value is -3.15. The van der Waals surface area contributed by atoms with Gasteiger partial charge in [0.05, 0.1) is 0 Å². The second kappa shape index (κ2) is 5.33. The lowest BCUT2D eigenvalue weighted by Crippen LogP contribution is -2.33. The summed E-state index contributed by atoms with van der Waals surface area (Å²) in [5, 5.41) is 6.96. The molecule has 6 heteroatoms. The van der Waals surface area contributed by atoms with Crippen LogP contribution >= 0.6 is 0 Å². The van der Waals surface area contributed by atoms with Crippen LogP contribution in [0.4, 0.5) is 0 Å². The van der Waals surface area contributed by atoms with E-state index in [1.54, 1.807) is 6.92 Å². The van der Waals surface area contributed by atoms with Gasteiger partial charge < -0.3 is 10.2 Å². The molecule has 1 heterocycles. The van der Waals surface area contributed by atoms with Crippen molar-refractivity contribution in [2.45, 2.75) is 6.92 Å². The summed E-state index contributed by atoms with van der Waals surface area (Å²) >= 11 is 0. The van der Waals surface area contributed by atoms with E-state index in [1.807, 2.05) is 42.5 Å². The predicted molar refractivity (Wildman–Crippen MR) is 83.3 cm³/mol. The lowest BCUT2D eigenvalue weighted by atomic mass is 10.1. The van der Waals surface area contributed by atoms with Gasteiger partial charge in [-0.25, -0.2) is 5.43 Å². The van der Waals surface area contributed by atoms with Gasteiger partial charge in [0.1, 0.15) is 11.3 Å². The lowest BCUT2D eigenvalue weighted by Gasteiger charge is -1.97. The van der Waals surface area contributed by atoms with Crippen LogP contribution in [0.3, 0.4) is 0 Å². The molecule has 0 aliphatic heterocycles. The van der Waals surface area contributed by atoms with Crippen LogP contribution in [-0.4, -0.2) is 17.5 Å². The zero-order valence-corrected chi connectivity index (χ0v) is 11.8.